The monoisotopic (exact) mass is 203 g/mol. The zero-order valence-corrected chi connectivity index (χ0v) is 10.1. The van der Waals surface area contributed by atoms with Crippen LogP contribution in [0, 0.1) is 6.92 Å². The summed E-state index contributed by atoms with van der Waals surface area (Å²) in [6.07, 6.45) is 2.70. The van der Waals surface area contributed by atoms with Crippen molar-refractivity contribution in [1.29, 1.82) is 0 Å². The maximum atomic E-state index is 2.50. The summed E-state index contributed by atoms with van der Waals surface area (Å²) < 4.78 is 0. The molecule has 0 bridgehead atoms. The fourth-order valence-corrected chi connectivity index (χ4v) is 2.48. The Hall–Kier alpha value is -0.980. The van der Waals surface area contributed by atoms with Gasteiger partial charge >= 0.3 is 0 Å². The molecule has 1 aromatic carbocycles. The maximum absolute atomic E-state index is 2.50. The molecular weight excluding hydrogens is 182 g/mol. The Kier molecular flexibility index (Phi) is 2.99. The van der Waals surface area contributed by atoms with Crippen LogP contribution in [0.3, 0.4) is 0 Å². The molecule has 2 rings (SSSR count). The summed E-state index contributed by atoms with van der Waals surface area (Å²) in [6, 6.07) is 6.93. The Morgan fingerprint density at radius 3 is 2.33 bits per heavy atom. The lowest BCUT2D eigenvalue weighted by molar-refractivity contribution is 0.854. The molecule has 1 heteroatoms. The Morgan fingerprint density at radius 2 is 1.80 bits per heavy atom. The van der Waals surface area contributed by atoms with E-state index >= 15 is 0 Å². The van der Waals surface area contributed by atoms with Crippen molar-refractivity contribution in [3.8, 4) is 0 Å². The average Bonchev–Trinajstić information content (AvgIpc) is 2.69. The number of hydrogen-bond acceptors (Lipinski definition) is 1. The number of hydrogen-bond donors (Lipinski definition) is 0. The van der Waals surface area contributed by atoms with Crippen molar-refractivity contribution in [3.63, 3.8) is 0 Å². The molecule has 82 valence electrons. The SMILES string of the molecule is Cc1cc(N2CCCC2)ccc1C(C)C. The molecule has 0 aromatic heterocycles. The molecule has 1 fully saturated rings. The molecule has 15 heavy (non-hydrogen) atoms. The van der Waals surface area contributed by atoms with Gasteiger partial charge in [-0.05, 0) is 48.9 Å². The quantitative estimate of drug-likeness (QED) is 0.708. The minimum atomic E-state index is 0.637. The van der Waals surface area contributed by atoms with E-state index in [9.17, 15) is 0 Å². The van der Waals surface area contributed by atoms with Crippen LogP contribution in [0.2, 0.25) is 0 Å². The molecule has 1 aromatic rings. The highest BCUT2D eigenvalue weighted by atomic mass is 15.1. The molecule has 0 unspecified atom stereocenters. The smallest absolute Gasteiger partial charge is 0.0369 e. The van der Waals surface area contributed by atoms with Crippen LogP contribution in [0.1, 0.15) is 43.7 Å². The molecule has 0 amide bonds. The van der Waals surface area contributed by atoms with Crippen molar-refractivity contribution in [3.05, 3.63) is 29.3 Å². The largest absolute Gasteiger partial charge is 0.372 e. The topological polar surface area (TPSA) is 3.24 Å². The third-order valence-corrected chi connectivity index (χ3v) is 3.35. The van der Waals surface area contributed by atoms with Crippen molar-refractivity contribution in [2.75, 3.05) is 18.0 Å². The fourth-order valence-electron chi connectivity index (χ4n) is 2.48. The van der Waals surface area contributed by atoms with Crippen molar-refractivity contribution in [2.24, 2.45) is 0 Å². The number of benzene rings is 1. The highest BCUT2D eigenvalue weighted by molar-refractivity contribution is 5.51. The highest BCUT2D eigenvalue weighted by Crippen LogP contribution is 2.26. The number of anilines is 1. The Labute approximate surface area is 93.1 Å². The molecule has 0 aliphatic carbocycles. The summed E-state index contributed by atoms with van der Waals surface area (Å²) in [7, 11) is 0. The van der Waals surface area contributed by atoms with Gasteiger partial charge in [-0.15, -0.1) is 0 Å². The van der Waals surface area contributed by atoms with Gasteiger partial charge in [0.15, 0.2) is 0 Å². The van der Waals surface area contributed by atoms with E-state index < -0.39 is 0 Å². The standard InChI is InChI=1S/C14H21N/c1-11(2)14-7-6-13(10-12(14)3)15-8-4-5-9-15/h6-7,10-11H,4-5,8-9H2,1-3H3. The Morgan fingerprint density at radius 1 is 1.13 bits per heavy atom. The predicted octanol–water partition coefficient (Wildman–Crippen LogP) is 3.72. The van der Waals surface area contributed by atoms with E-state index in [2.05, 4.69) is 43.9 Å². The van der Waals surface area contributed by atoms with Crippen LogP contribution in [-0.4, -0.2) is 13.1 Å². The maximum Gasteiger partial charge on any atom is 0.0369 e. The van der Waals surface area contributed by atoms with Crippen LogP contribution in [0.4, 0.5) is 5.69 Å². The minimum absolute atomic E-state index is 0.637. The first-order valence-corrected chi connectivity index (χ1v) is 6.04. The van der Waals surface area contributed by atoms with E-state index in [1.165, 1.54) is 42.7 Å². The van der Waals surface area contributed by atoms with E-state index in [4.69, 9.17) is 0 Å². The van der Waals surface area contributed by atoms with Gasteiger partial charge in [-0.1, -0.05) is 19.9 Å². The summed E-state index contributed by atoms with van der Waals surface area (Å²) in [5.74, 6) is 0.637. The van der Waals surface area contributed by atoms with E-state index in [-0.39, 0.29) is 0 Å². The van der Waals surface area contributed by atoms with Gasteiger partial charge in [0.1, 0.15) is 0 Å². The number of aryl methyl sites for hydroxylation is 1. The summed E-state index contributed by atoms with van der Waals surface area (Å²) in [4.78, 5) is 2.50. The van der Waals surface area contributed by atoms with Crippen molar-refractivity contribution in [2.45, 2.75) is 39.5 Å². The van der Waals surface area contributed by atoms with Crippen molar-refractivity contribution >= 4 is 5.69 Å². The van der Waals surface area contributed by atoms with Crippen LogP contribution in [0.25, 0.3) is 0 Å². The normalized spacial score (nSPS) is 16.4. The second-order valence-electron chi connectivity index (χ2n) is 4.89. The first kappa shape index (κ1) is 10.5. The van der Waals surface area contributed by atoms with Crippen LogP contribution < -0.4 is 4.90 Å². The third-order valence-electron chi connectivity index (χ3n) is 3.35. The zero-order chi connectivity index (χ0) is 10.8. The van der Waals surface area contributed by atoms with Crippen LogP contribution in [0.15, 0.2) is 18.2 Å². The number of nitrogens with zero attached hydrogens (tertiary/aromatic N) is 1. The molecule has 0 atom stereocenters. The van der Waals surface area contributed by atoms with Crippen molar-refractivity contribution in [1.82, 2.24) is 0 Å². The van der Waals surface area contributed by atoms with E-state index in [0.29, 0.717) is 5.92 Å². The Balaban J connectivity index is 2.24. The third kappa shape index (κ3) is 2.17. The lowest BCUT2D eigenvalue weighted by Gasteiger charge is -2.20. The van der Waals surface area contributed by atoms with Gasteiger partial charge in [0.05, 0.1) is 0 Å². The van der Waals surface area contributed by atoms with Gasteiger partial charge in [0.25, 0.3) is 0 Å². The van der Waals surface area contributed by atoms with E-state index in [1.807, 2.05) is 0 Å². The highest BCUT2D eigenvalue weighted by Gasteiger charge is 2.13. The van der Waals surface area contributed by atoms with Gasteiger partial charge in [-0.2, -0.15) is 0 Å². The molecule has 0 N–H and O–H groups in total. The molecule has 1 aliphatic rings. The second-order valence-corrected chi connectivity index (χ2v) is 4.89. The molecule has 0 radical (unpaired) electrons. The van der Waals surface area contributed by atoms with Crippen LogP contribution in [-0.2, 0) is 0 Å². The van der Waals surface area contributed by atoms with Crippen LogP contribution in [0.5, 0.6) is 0 Å². The van der Waals surface area contributed by atoms with Gasteiger partial charge in [0.2, 0.25) is 0 Å². The molecule has 1 nitrogen and oxygen atoms in total. The fraction of sp³-hybridized carbons (Fsp3) is 0.571. The van der Waals surface area contributed by atoms with Crippen molar-refractivity contribution < 1.29 is 0 Å². The van der Waals surface area contributed by atoms with Gasteiger partial charge in [-0.25, -0.2) is 0 Å². The summed E-state index contributed by atoms with van der Waals surface area (Å²) in [6.45, 7) is 9.23. The average molecular weight is 203 g/mol. The molecular formula is C14H21N. The predicted molar refractivity (Wildman–Crippen MR) is 66.7 cm³/mol. The lowest BCUT2D eigenvalue weighted by atomic mass is 9.97. The minimum Gasteiger partial charge on any atom is -0.372 e. The molecule has 0 spiro atoms. The first-order valence-electron chi connectivity index (χ1n) is 6.04. The van der Waals surface area contributed by atoms with Crippen LogP contribution >= 0.6 is 0 Å². The van der Waals surface area contributed by atoms with Gasteiger partial charge in [-0.3, -0.25) is 0 Å². The summed E-state index contributed by atoms with van der Waals surface area (Å²) in [5.41, 5.74) is 4.33. The van der Waals surface area contributed by atoms with E-state index in [0.717, 1.165) is 0 Å². The van der Waals surface area contributed by atoms with Gasteiger partial charge < -0.3 is 4.90 Å². The summed E-state index contributed by atoms with van der Waals surface area (Å²) in [5, 5.41) is 0. The molecule has 0 saturated carbocycles. The Bertz CT molecular complexity index is 335. The lowest BCUT2D eigenvalue weighted by Crippen LogP contribution is -2.17. The number of rotatable bonds is 2. The zero-order valence-electron chi connectivity index (χ0n) is 10.1. The molecule has 1 heterocycles. The molecule has 1 saturated heterocycles. The van der Waals surface area contributed by atoms with E-state index in [1.54, 1.807) is 0 Å². The van der Waals surface area contributed by atoms with Gasteiger partial charge in [0, 0.05) is 18.8 Å². The molecule has 1 aliphatic heterocycles. The summed E-state index contributed by atoms with van der Waals surface area (Å²) >= 11 is 0. The first-order chi connectivity index (χ1) is 7.18. The second kappa shape index (κ2) is 4.26.